The van der Waals surface area contributed by atoms with Crippen LogP contribution < -0.4 is 5.73 Å². The van der Waals surface area contributed by atoms with Gasteiger partial charge in [0.2, 0.25) is 0 Å². The van der Waals surface area contributed by atoms with Crippen LogP contribution in [0.25, 0.3) is 11.0 Å². The Hall–Kier alpha value is -1.42. The van der Waals surface area contributed by atoms with Gasteiger partial charge in [-0.05, 0) is 44.2 Å². The molecule has 2 aliphatic rings. The summed E-state index contributed by atoms with van der Waals surface area (Å²) in [5.74, 6) is 2.43. The maximum atomic E-state index is 6.02. The number of hydrogen-bond acceptors (Lipinski definition) is 3. The van der Waals surface area contributed by atoms with Gasteiger partial charge in [-0.15, -0.1) is 0 Å². The first-order valence-electron chi connectivity index (χ1n) is 7.90. The molecular formula is C16H22N4. The van der Waals surface area contributed by atoms with Crippen molar-refractivity contribution < 1.29 is 0 Å². The lowest BCUT2D eigenvalue weighted by atomic mass is 9.78. The van der Waals surface area contributed by atoms with E-state index in [4.69, 9.17) is 10.7 Å². The van der Waals surface area contributed by atoms with Crippen LogP contribution in [0.15, 0.2) is 18.5 Å². The van der Waals surface area contributed by atoms with Crippen molar-refractivity contribution >= 4 is 11.0 Å². The quantitative estimate of drug-likeness (QED) is 0.932. The summed E-state index contributed by atoms with van der Waals surface area (Å²) in [6, 6.07) is 2.78. The van der Waals surface area contributed by atoms with E-state index in [9.17, 15) is 0 Å². The van der Waals surface area contributed by atoms with E-state index in [1.54, 1.807) is 0 Å². The first-order valence-corrected chi connectivity index (χ1v) is 7.90. The van der Waals surface area contributed by atoms with Crippen molar-refractivity contribution in [2.24, 2.45) is 11.7 Å². The molecule has 2 unspecified atom stereocenters. The first-order chi connectivity index (χ1) is 9.88. The van der Waals surface area contributed by atoms with Crippen LogP contribution >= 0.6 is 0 Å². The van der Waals surface area contributed by atoms with Gasteiger partial charge in [-0.2, -0.15) is 0 Å². The van der Waals surface area contributed by atoms with Gasteiger partial charge in [0, 0.05) is 18.2 Å². The van der Waals surface area contributed by atoms with Gasteiger partial charge < -0.3 is 10.3 Å². The standard InChI is InChI=1S/C16H22N4/c17-9-11-3-1-2-4-13(11)16-19-14-10-18-8-7-15(14)20(16)12-5-6-12/h7-8,10-13H,1-6,9,17H2. The van der Waals surface area contributed by atoms with Crippen molar-refractivity contribution in [3.63, 3.8) is 0 Å². The Morgan fingerprint density at radius 1 is 1.20 bits per heavy atom. The van der Waals surface area contributed by atoms with Crippen molar-refractivity contribution in [1.82, 2.24) is 14.5 Å². The fourth-order valence-electron chi connectivity index (χ4n) is 3.78. The number of rotatable bonds is 3. The maximum absolute atomic E-state index is 6.02. The first kappa shape index (κ1) is 12.3. The van der Waals surface area contributed by atoms with Gasteiger partial charge >= 0.3 is 0 Å². The molecule has 2 saturated carbocycles. The highest BCUT2D eigenvalue weighted by atomic mass is 15.1. The molecule has 2 aromatic rings. The van der Waals surface area contributed by atoms with Crippen LogP contribution in [-0.4, -0.2) is 21.1 Å². The van der Waals surface area contributed by atoms with Gasteiger partial charge in [-0.3, -0.25) is 4.98 Å². The van der Waals surface area contributed by atoms with E-state index < -0.39 is 0 Å². The average Bonchev–Trinajstić information content (AvgIpc) is 3.27. The number of aromatic nitrogens is 3. The molecule has 0 bridgehead atoms. The summed E-state index contributed by atoms with van der Waals surface area (Å²) in [4.78, 5) is 9.17. The lowest BCUT2D eigenvalue weighted by Gasteiger charge is -2.30. The van der Waals surface area contributed by atoms with E-state index in [-0.39, 0.29) is 0 Å². The molecule has 0 aromatic carbocycles. The van der Waals surface area contributed by atoms with Gasteiger partial charge in [0.25, 0.3) is 0 Å². The Kier molecular flexibility index (Phi) is 2.99. The molecule has 4 rings (SSSR count). The molecule has 0 spiro atoms. The molecule has 4 nitrogen and oxygen atoms in total. The van der Waals surface area contributed by atoms with Crippen LogP contribution in [0.1, 0.15) is 56.3 Å². The minimum Gasteiger partial charge on any atom is -0.330 e. The van der Waals surface area contributed by atoms with Crippen molar-refractivity contribution in [3.8, 4) is 0 Å². The van der Waals surface area contributed by atoms with Crippen LogP contribution in [0.5, 0.6) is 0 Å². The predicted octanol–water partition coefficient (Wildman–Crippen LogP) is 3.00. The SMILES string of the molecule is NCC1CCCCC1c1nc2cnccc2n1C1CC1. The smallest absolute Gasteiger partial charge is 0.113 e. The number of hydrogen-bond donors (Lipinski definition) is 1. The van der Waals surface area contributed by atoms with E-state index in [1.165, 1.54) is 49.9 Å². The van der Waals surface area contributed by atoms with Crippen molar-refractivity contribution in [2.45, 2.75) is 50.5 Å². The second-order valence-electron chi connectivity index (χ2n) is 6.32. The Morgan fingerprint density at radius 3 is 2.85 bits per heavy atom. The molecule has 2 atom stereocenters. The molecule has 0 amide bonds. The predicted molar refractivity (Wildman–Crippen MR) is 79.6 cm³/mol. The second kappa shape index (κ2) is 4.85. The lowest BCUT2D eigenvalue weighted by Crippen LogP contribution is -2.27. The summed E-state index contributed by atoms with van der Waals surface area (Å²) in [5, 5.41) is 0. The third kappa shape index (κ3) is 1.94. The fourth-order valence-corrected chi connectivity index (χ4v) is 3.78. The molecule has 2 heterocycles. The van der Waals surface area contributed by atoms with Crippen molar-refractivity contribution in [3.05, 3.63) is 24.3 Å². The van der Waals surface area contributed by atoms with Crippen LogP contribution in [0.2, 0.25) is 0 Å². The third-order valence-corrected chi connectivity index (χ3v) is 4.97. The molecule has 2 aromatic heterocycles. The Morgan fingerprint density at radius 2 is 2.05 bits per heavy atom. The summed E-state index contributed by atoms with van der Waals surface area (Å²) in [5.41, 5.74) is 8.33. The van der Waals surface area contributed by atoms with Gasteiger partial charge in [-0.25, -0.2) is 4.98 Å². The summed E-state index contributed by atoms with van der Waals surface area (Å²) < 4.78 is 2.50. The minimum absolute atomic E-state index is 0.543. The number of fused-ring (bicyclic) bond motifs is 1. The summed E-state index contributed by atoms with van der Waals surface area (Å²) in [6.45, 7) is 0.788. The lowest BCUT2D eigenvalue weighted by molar-refractivity contribution is 0.298. The van der Waals surface area contributed by atoms with Gasteiger partial charge in [0.1, 0.15) is 11.3 Å². The number of nitrogens with zero attached hydrogens (tertiary/aromatic N) is 3. The molecule has 0 aliphatic heterocycles. The van der Waals surface area contributed by atoms with E-state index in [2.05, 4.69) is 15.6 Å². The number of nitrogens with two attached hydrogens (primary N) is 1. The number of pyridine rings is 1. The zero-order valence-corrected chi connectivity index (χ0v) is 11.8. The normalized spacial score (nSPS) is 27.1. The van der Waals surface area contributed by atoms with Crippen LogP contribution in [0.4, 0.5) is 0 Å². The van der Waals surface area contributed by atoms with E-state index in [0.29, 0.717) is 17.9 Å². The topological polar surface area (TPSA) is 56.7 Å². The van der Waals surface area contributed by atoms with Gasteiger partial charge in [0.05, 0.1) is 11.7 Å². The zero-order valence-electron chi connectivity index (χ0n) is 11.8. The monoisotopic (exact) mass is 270 g/mol. The molecular weight excluding hydrogens is 248 g/mol. The van der Waals surface area contributed by atoms with Crippen LogP contribution in [-0.2, 0) is 0 Å². The van der Waals surface area contributed by atoms with Crippen molar-refractivity contribution in [1.29, 1.82) is 0 Å². The Labute approximate surface area is 119 Å². The molecule has 4 heteroatoms. The Balaban J connectivity index is 1.83. The van der Waals surface area contributed by atoms with E-state index in [1.807, 2.05) is 12.4 Å². The maximum Gasteiger partial charge on any atom is 0.113 e. The highest BCUT2D eigenvalue weighted by molar-refractivity contribution is 5.75. The molecule has 106 valence electrons. The molecule has 20 heavy (non-hydrogen) atoms. The largest absolute Gasteiger partial charge is 0.330 e. The molecule has 2 fully saturated rings. The van der Waals surface area contributed by atoms with E-state index in [0.717, 1.165) is 12.1 Å². The third-order valence-electron chi connectivity index (χ3n) is 4.97. The molecule has 0 radical (unpaired) electrons. The van der Waals surface area contributed by atoms with Crippen molar-refractivity contribution in [2.75, 3.05) is 6.54 Å². The van der Waals surface area contributed by atoms with Crippen LogP contribution in [0, 0.1) is 5.92 Å². The molecule has 2 N–H and O–H groups in total. The average molecular weight is 270 g/mol. The van der Waals surface area contributed by atoms with Crippen LogP contribution in [0.3, 0.4) is 0 Å². The van der Waals surface area contributed by atoms with E-state index >= 15 is 0 Å². The molecule has 0 saturated heterocycles. The summed E-state index contributed by atoms with van der Waals surface area (Å²) >= 11 is 0. The molecule has 2 aliphatic carbocycles. The second-order valence-corrected chi connectivity index (χ2v) is 6.32. The fraction of sp³-hybridized carbons (Fsp3) is 0.625. The number of imidazole rings is 1. The Bertz CT molecular complexity index is 614. The zero-order chi connectivity index (χ0) is 13.5. The van der Waals surface area contributed by atoms with Gasteiger partial charge in [0.15, 0.2) is 0 Å². The highest BCUT2D eigenvalue weighted by Crippen LogP contribution is 2.44. The van der Waals surface area contributed by atoms with Gasteiger partial charge in [-0.1, -0.05) is 12.8 Å². The minimum atomic E-state index is 0.543. The highest BCUT2D eigenvalue weighted by Gasteiger charge is 2.34. The summed E-state index contributed by atoms with van der Waals surface area (Å²) in [7, 11) is 0. The summed E-state index contributed by atoms with van der Waals surface area (Å²) in [6.07, 6.45) is 11.5.